The third kappa shape index (κ3) is 5.54. The number of benzene rings is 2. The SMILES string of the molecule is CCC(C)NC(=O)c1ccc(NC(=O)CCc2ccccc2)cc1. The molecular formula is C20H24N2O2. The van der Waals surface area contributed by atoms with Crippen molar-refractivity contribution in [2.24, 2.45) is 0 Å². The predicted molar refractivity (Wildman–Crippen MR) is 97.1 cm³/mol. The van der Waals surface area contributed by atoms with Crippen molar-refractivity contribution in [3.8, 4) is 0 Å². The molecule has 0 aliphatic carbocycles. The van der Waals surface area contributed by atoms with E-state index in [9.17, 15) is 9.59 Å². The van der Waals surface area contributed by atoms with Crippen LogP contribution < -0.4 is 10.6 Å². The molecule has 1 atom stereocenters. The average Bonchev–Trinajstić information content (AvgIpc) is 2.61. The Morgan fingerprint density at radius 1 is 1.00 bits per heavy atom. The van der Waals surface area contributed by atoms with Crippen molar-refractivity contribution in [3.05, 3.63) is 65.7 Å². The first-order valence-electron chi connectivity index (χ1n) is 8.33. The summed E-state index contributed by atoms with van der Waals surface area (Å²) in [6.07, 6.45) is 2.03. The molecule has 2 aromatic carbocycles. The minimum absolute atomic E-state index is 0.0318. The fraction of sp³-hybridized carbons (Fsp3) is 0.300. The zero-order valence-corrected chi connectivity index (χ0v) is 14.2. The van der Waals surface area contributed by atoms with Crippen molar-refractivity contribution in [2.45, 2.75) is 39.2 Å². The van der Waals surface area contributed by atoms with Crippen LogP contribution in [0.25, 0.3) is 0 Å². The molecule has 0 saturated carbocycles. The quantitative estimate of drug-likeness (QED) is 0.814. The number of hydrogen-bond donors (Lipinski definition) is 2. The number of nitrogens with one attached hydrogen (secondary N) is 2. The largest absolute Gasteiger partial charge is 0.350 e. The first-order valence-corrected chi connectivity index (χ1v) is 8.33. The highest BCUT2D eigenvalue weighted by molar-refractivity contribution is 5.96. The molecule has 2 amide bonds. The smallest absolute Gasteiger partial charge is 0.251 e. The van der Waals surface area contributed by atoms with Gasteiger partial charge in [0.15, 0.2) is 0 Å². The van der Waals surface area contributed by atoms with Gasteiger partial charge in [-0.15, -0.1) is 0 Å². The molecular weight excluding hydrogens is 300 g/mol. The number of anilines is 1. The van der Waals surface area contributed by atoms with E-state index in [-0.39, 0.29) is 17.9 Å². The second kappa shape index (κ2) is 8.87. The molecule has 0 heterocycles. The van der Waals surface area contributed by atoms with Crippen molar-refractivity contribution in [1.29, 1.82) is 0 Å². The molecule has 2 N–H and O–H groups in total. The Labute approximate surface area is 143 Å². The van der Waals surface area contributed by atoms with Gasteiger partial charge >= 0.3 is 0 Å². The monoisotopic (exact) mass is 324 g/mol. The highest BCUT2D eigenvalue weighted by Crippen LogP contribution is 2.11. The van der Waals surface area contributed by atoms with Crippen LogP contribution in [-0.2, 0) is 11.2 Å². The van der Waals surface area contributed by atoms with Crippen LogP contribution in [-0.4, -0.2) is 17.9 Å². The molecule has 0 aliphatic heterocycles. The standard InChI is InChI=1S/C20H24N2O2/c1-3-15(2)21-20(24)17-10-12-18(13-11-17)22-19(23)14-9-16-7-5-4-6-8-16/h4-8,10-13,15H,3,9,14H2,1-2H3,(H,21,24)(H,22,23). The van der Waals surface area contributed by atoms with Gasteiger partial charge in [0, 0.05) is 23.7 Å². The fourth-order valence-electron chi connectivity index (χ4n) is 2.24. The molecule has 0 bridgehead atoms. The molecule has 0 aliphatic rings. The fourth-order valence-corrected chi connectivity index (χ4v) is 2.24. The predicted octanol–water partition coefficient (Wildman–Crippen LogP) is 3.79. The van der Waals surface area contributed by atoms with Gasteiger partial charge < -0.3 is 10.6 Å². The van der Waals surface area contributed by atoms with E-state index in [1.54, 1.807) is 24.3 Å². The van der Waals surface area contributed by atoms with E-state index < -0.39 is 0 Å². The zero-order valence-electron chi connectivity index (χ0n) is 14.2. The van der Waals surface area contributed by atoms with Gasteiger partial charge in [-0.1, -0.05) is 37.3 Å². The summed E-state index contributed by atoms with van der Waals surface area (Å²) in [5, 5.41) is 5.78. The molecule has 1 unspecified atom stereocenters. The number of hydrogen-bond acceptors (Lipinski definition) is 2. The van der Waals surface area contributed by atoms with Crippen molar-refractivity contribution in [1.82, 2.24) is 5.32 Å². The summed E-state index contributed by atoms with van der Waals surface area (Å²) in [5.74, 6) is -0.123. The maximum atomic E-state index is 12.0. The van der Waals surface area contributed by atoms with E-state index >= 15 is 0 Å². The average molecular weight is 324 g/mol. The van der Waals surface area contributed by atoms with Crippen molar-refractivity contribution in [3.63, 3.8) is 0 Å². The van der Waals surface area contributed by atoms with Gasteiger partial charge in [-0.3, -0.25) is 9.59 Å². The maximum absolute atomic E-state index is 12.0. The topological polar surface area (TPSA) is 58.2 Å². The molecule has 0 fully saturated rings. The molecule has 2 rings (SSSR count). The lowest BCUT2D eigenvalue weighted by Gasteiger charge is -2.11. The molecule has 126 valence electrons. The van der Waals surface area contributed by atoms with Gasteiger partial charge in [0.05, 0.1) is 0 Å². The maximum Gasteiger partial charge on any atom is 0.251 e. The summed E-state index contributed by atoms with van der Waals surface area (Å²) < 4.78 is 0. The highest BCUT2D eigenvalue weighted by Gasteiger charge is 2.09. The lowest BCUT2D eigenvalue weighted by molar-refractivity contribution is -0.116. The third-order valence-corrected chi connectivity index (χ3v) is 3.90. The molecule has 0 aromatic heterocycles. The van der Waals surface area contributed by atoms with E-state index in [4.69, 9.17) is 0 Å². The Bertz CT molecular complexity index is 666. The van der Waals surface area contributed by atoms with Gasteiger partial charge in [0.2, 0.25) is 5.91 Å². The summed E-state index contributed by atoms with van der Waals surface area (Å²) in [6, 6.07) is 17.0. The van der Waals surface area contributed by atoms with Gasteiger partial charge in [0.1, 0.15) is 0 Å². The molecule has 2 aromatic rings. The second-order valence-electron chi connectivity index (χ2n) is 5.89. The van der Waals surface area contributed by atoms with E-state index in [1.807, 2.05) is 44.2 Å². The first-order chi connectivity index (χ1) is 11.6. The van der Waals surface area contributed by atoms with Gasteiger partial charge in [0.25, 0.3) is 5.91 Å². The number of rotatable bonds is 7. The van der Waals surface area contributed by atoms with Crippen LogP contribution in [0.2, 0.25) is 0 Å². The number of aryl methyl sites for hydroxylation is 1. The first kappa shape index (κ1) is 17.7. The normalized spacial score (nSPS) is 11.6. The number of amides is 2. The minimum Gasteiger partial charge on any atom is -0.350 e. The van der Waals surface area contributed by atoms with Crippen molar-refractivity contribution in [2.75, 3.05) is 5.32 Å². The van der Waals surface area contributed by atoms with Gasteiger partial charge in [-0.2, -0.15) is 0 Å². The third-order valence-electron chi connectivity index (χ3n) is 3.90. The molecule has 4 nitrogen and oxygen atoms in total. The summed E-state index contributed by atoms with van der Waals surface area (Å²) in [7, 11) is 0. The Balaban J connectivity index is 1.84. The Hall–Kier alpha value is -2.62. The van der Waals surface area contributed by atoms with E-state index in [2.05, 4.69) is 10.6 Å². The molecule has 0 spiro atoms. The van der Waals surface area contributed by atoms with E-state index in [0.29, 0.717) is 24.1 Å². The summed E-state index contributed by atoms with van der Waals surface area (Å²) in [4.78, 5) is 24.0. The summed E-state index contributed by atoms with van der Waals surface area (Å²) >= 11 is 0. The lowest BCUT2D eigenvalue weighted by atomic mass is 10.1. The van der Waals surface area contributed by atoms with Crippen molar-refractivity contribution >= 4 is 17.5 Å². The van der Waals surface area contributed by atoms with Crippen LogP contribution >= 0.6 is 0 Å². The Morgan fingerprint density at radius 2 is 1.67 bits per heavy atom. The van der Waals surface area contributed by atoms with Crippen LogP contribution in [0.15, 0.2) is 54.6 Å². The Morgan fingerprint density at radius 3 is 2.29 bits per heavy atom. The highest BCUT2D eigenvalue weighted by atomic mass is 16.2. The van der Waals surface area contributed by atoms with Crippen LogP contribution in [0.4, 0.5) is 5.69 Å². The number of carbonyl (C=O) groups is 2. The van der Waals surface area contributed by atoms with E-state index in [0.717, 1.165) is 12.0 Å². The summed E-state index contributed by atoms with van der Waals surface area (Å²) in [5.41, 5.74) is 2.44. The zero-order chi connectivity index (χ0) is 17.4. The van der Waals surface area contributed by atoms with Gasteiger partial charge in [-0.25, -0.2) is 0 Å². The second-order valence-corrected chi connectivity index (χ2v) is 5.89. The van der Waals surface area contributed by atoms with Gasteiger partial charge in [-0.05, 0) is 49.6 Å². The van der Waals surface area contributed by atoms with Crippen LogP contribution in [0, 0.1) is 0 Å². The molecule has 24 heavy (non-hydrogen) atoms. The lowest BCUT2D eigenvalue weighted by Crippen LogP contribution is -2.31. The van der Waals surface area contributed by atoms with Crippen LogP contribution in [0.1, 0.15) is 42.6 Å². The van der Waals surface area contributed by atoms with E-state index in [1.165, 1.54) is 0 Å². The summed E-state index contributed by atoms with van der Waals surface area (Å²) in [6.45, 7) is 4.00. The van der Waals surface area contributed by atoms with Crippen molar-refractivity contribution < 1.29 is 9.59 Å². The molecule has 4 heteroatoms. The van der Waals surface area contributed by atoms with Crippen LogP contribution in [0.3, 0.4) is 0 Å². The Kier molecular flexibility index (Phi) is 6.55. The molecule has 0 radical (unpaired) electrons. The van der Waals surface area contributed by atoms with Crippen LogP contribution in [0.5, 0.6) is 0 Å². The number of carbonyl (C=O) groups excluding carboxylic acids is 2. The minimum atomic E-state index is -0.0914. The molecule has 0 saturated heterocycles.